The minimum absolute atomic E-state index is 0.0597. The van der Waals surface area contributed by atoms with E-state index in [2.05, 4.69) is 0 Å². The summed E-state index contributed by atoms with van der Waals surface area (Å²) in [6.07, 6.45) is 0.190. The van der Waals surface area contributed by atoms with Crippen molar-refractivity contribution in [2.45, 2.75) is 13.0 Å². The Hall–Kier alpha value is -2.73. The molecule has 1 fully saturated rings. The van der Waals surface area contributed by atoms with Gasteiger partial charge >= 0.3 is 0 Å². The Kier molecular flexibility index (Phi) is 4.66. The Labute approximate surface area is 162 Å². The number of halogens is 1. The van der Waals surface area contributed by atoms with E-state index in [0.29, 0.717) is 35.3 Å². The summed E-state index contributed by atoms with van der Waals surface area (Å²) in [7, 11) is 1.75. The highest BCUT2D eigenvalue weighted by atomic mass is 35.5. The van der Waals surface area contributed by atoms with E-state index in [1.165, 1.54) is 0 Å². The number of carbonyl (C=O) groups excluding carboxylic acids is 2. The molecule has 0 aliphatic carbocycles. The molecule has 0 bridgehead atoms. The fraction of sp³-hybridized carbons (Fsp3) is 0.300. The van der Waals surface area contributed by atoms with Crippen molar-refractivity contribution < 1.29 is 19.1 Å². The third-order valence-electron chi connectivity index (χ3n) is 4.85. The predicted molar refractivity (Wildman–Crippen MR) is 101 cm³/mol. The SMILES string of the molecule is CN(Cc1ccc2c(c1)OCO2)C(=O)C1CC(=O)N(c2ccccc2Cl)C1. The lowest BCUT2D eigenvalue weighted by Gasteiger charge is -2.22. The topological polar surface area (TPSA) is 59.1 Å². The summed E-state index contributed by atoms with van der Waals surface area (Å²) in [5, 5.41) is 0.507. The van der Waals surface area contributed by atoms with Crippen molar-refractivity contribution in [3.63, 3.8) is 0 Å². The molecule has 2 amide bonds. The third kappa shape index (κ3) is 3.45. The van der Waals surface area contributed by atoms with Crippen LogP contribution in [0.2, 0.25) is 5.02 Å². The Morgan fingerprint density at radius 1 is 1.22 bits per heavy atom. The zero-order valence-corrected chi connectivity index (χ0v) is 15.6. The predicted octanol–water partition coefficient (Wildman–Crippen LogP) is 3.08. The van der Waals surface area contributed by atoms with E-state index in [1.54, 1.807) is 29.0 Å². The molecule has 2 aliphatic rings. The van der Waals surface area contributed by atoms with E-state index in [0.717, 1.165) is 5.56 Å². The molecule has 140 valence electrons. The summed E-state index contributed by atoms with van der Waals surface area (Å²) in [5.74, 6) is 0.875. The Morgan fingerprint density at radius 2 is 2.00 bits per heavy atom. The maximum Gasteiger partial charge on any atom is 0.231 e. The van der Waals surface area contributed by atoms with E-state index in [1.807, 2.05) is 30.3 Å². The molecule has 0 aromatic heterocycles. The van der Waals surface area contributed by atoms with Gasteiger partial charge in [-0.3, -0.25) is 9.59 Å². The number of hydrogen-bond acceptors (Lipinski definition) is 4. The van der Waals surface area contributed by atoms with Gasteiger partial charge in [-0.1, -0.05) is 29.8 Å². The molecule has 0 saturated carbocycles. The van der Waals surface area contributed by atoms with Crippen LogP contribution < -0.4 is 14.4 Å². The summed E-state index contributed by atoms with van der Waals surface area (Å²) in [6, 6.07) is 12.8. The van der Waals surface area contributed by atoms with E-state index in [9.17, 15) is 9.59 Å². The van der Waals surface area contributed by atoms with Crippen LogP contribution in [0.15, 0.2) is 42.5 Å². The monoisotopic (exact) mass is 386 g/mol. The maximum absolute atomic E-state index is 12.8. The van der Waals surface area contributed by atoms with Gasteiger partial charge in [0.05, 0.1) is 16.6 Å². The van der Waals surface area contributed by atoms with Gasteiger partial charge in [0.1, 0.15) is 0 Å². The number of fused-ring (bicyclic) bond motifs is 1. The molecule has 6 nitrogen and oxygen atoms in total. The van der Waals surface area contributed by atoms with Crippen LogP contribution >= 0.6 is 11.6 Å². The van der Waals surface area contributed by atoms with Crippen LogP contribution in [0.4, 0.5) is 5.69 Å². The fourth-order valence-corrected chi connectivity index (χ4v) is 3.72. The summed E-state index contributed by atoms with van der Waals surface area (Å²) in [6.45, 7) is 0.995. The van der Waals surface area contributed by atoms with Crippen LogP contribution in [0.1, 0.15) is 12.0 Å². The summed E-state index contributed by atoms with van der Waals surface area (Å²) in [4.78, 5) is 28.5. The van der Waals surface area contributed by atoms with Crippen LogP contribution in [0.5, 0.6) is 11.5 Å². The van der Waals surface area contributed by atoms with Gasteiger partial charge in [0.25, 0.3) is 0 Å². The third-order valence-corrected chi connectivity index (χ3v) is 5.17. The molecule has 2 heterocycles. The van der Waals surface area contributed by atoms with Crippen molar-refractivity contribution >= 4 is 29.1 Å². The largest absolute Gasteiger partial charge is 0.454 e. The van der Waals surface area contributed by atoms with Crippen molar-refractivity contribution in [2.75, 3.05) is 25.3 Å². The van der Waals surface area contributed by atoms with Crippen LogP contribution in [0.3, 0.4) is 0 Å². The molecule has 2 aromatic rings. The van der Waals surface area contributed by atoms with Gasteiger partial charge in [0, 0.05) is 26.6 Å². The first-order valence-electron chi connectivity index (χ1n) is 8.71. The Morgan fingerprint density at radius 3 is 2.81 bits per heavy atom. The van der Waals surface area contributed by atoms with Crippen LogP contribution in [0, 0.1) is 5.92 Å². The standard InChI is InChI=1S/C20H19ClN2O4/c1-22(10-13-6-7-17-18(8-13)27-12-26-17)20(25)14-9-19(24)23(11-14)16-5-3-2-4-15(16)21/h2-8,14H,9-12H2,1H3. The van der Waals surface area contributed by atoms with Gasteiger partial charge in [-0.25, -0.2) is 0 Å². The normalized spacial score (nSPS) is 18.1. The smallest absolute Gasteiger partial charge is 0.231 e. The number of nitrogens with zero attached hydrogens (tertiary/aromatic N) is 2. The molecule has 0 spiro atoms. The number of hydrogen-bond donors (Lipinski definition) is 0. The van der Waals surface area contributed by atoms with Crippen molar-refractivity contribution in [3.8, 4) is 11.5 Å². The molecule has 27 heavy (non-hydrogen) atoms. The minimum atomic E-state index is -0.382. The van der Waals surface area contributed by atoms with Gasteiger partial charge in [-0.15, -0.1) is 0 Å². The highest BCUT2D eigenvalue weighted by Crippen LogP contribution is 2.34. The van der Waals surface area contributed by atoms with Gasteiger partial charge in [-0.2, -0.15) is 0 Å². The second kappa shape index (κ2) is 7.12. The quantitative estimate of drug-likeness (QED) is 0.810. The molecule has 7 heteroatoms. The van der Waals surface area contributed by atoms with E-state index < -0.39 is 0 Å². The molecule has 4 rings (SSSR count). The zero-order valence-electron chi connectivity index (χ0n) is 14.9. The number of amides is 2. The second-order valence-electron chi connectivity index (χ2n) is 6.74. The van der Waals surface area contributed by atoms with Crippen LogP contribution in [-0.4, -0.2) is 37.1 Å². The first kappa shape index (κ1) is 17.7. The molecule has 1 atom stereocenters. The molecule has 2 aromatic carbocycles. The lowest BCUT2D eigenvalue weighted by atomic mass is 10.1. The number of anilines is 1. The molecular formula is C20H19ClN2O4. The van der Waals surface area contributed by atoms with Crippen LogP contribution in [0.25, 0.3) is 0 Å². The van der Waals surface area contributed by atoms with E-state index in [-0.39, 0.29) is 30.9 Å². The molecule has 2 aliphatic heterocycles. The lowest BCUT2D eigenvalue weighted by Crippen LogP contribution is -2.34. The number of carbonyl (C=O) groups is 2. The fourth-order valence-electron chi connectivity index (χ4n) is 3.48. The second-order valence-corrected chi connectivity index (χ2v) is 7.15. The van der Waals surface area contributed by atoms with E-state index in [4.69, 9.17) is 21.1 Å². The van der Waals surface area contributed by atoms with Gasteiger partial charge in [0.2, 0.25) is 18.6 Å². The number of para-hydroxylation sites is 1. The first-order valence-corrected chi connectivity index (χ1v) is 9.09. The summed E-state index contributed by atoms with van der Waals surface area (Å²) in [5.41, 5.74) is 1.60. The van der Waals surface area contributed by atoms with Crippen molar-refractivity contribution in [2.24, 2.45) is 5.92 Å². The highest BCUT2D eigenvalue weighted by Gasteiger charge is 2.37. The first-order chi connectivity index (χ1) is 13.0. The number of ether oxygens (including phenoxy) is 2. The van der Waals surface area contributed by atoms with Gasteiger partial charge in [0.15, 0.2) is 11.5 Å². The molecule has 1 saturated heterocycles. The van der Waals surface area contributed by atoms with Crippen molar-refractivity contribution in [1.29, 1.82) is 0 Å². The Balaban J connectivity index is 1.43. The van der Waals surface area contributed by atoms with Gasteiger partial charge < -0.3 is 19.3 Å². The maximum atomic E-state index is 12.8. The van der Waals surface area contributed by atoms with Crippen molar-refractivity contribution in [1.82, 2.24) is 4.90 Å². The summed E-state index contributed by atoms with van der Waals surface area (Å²) < 4.78 is 10.7. The number of benzene rings is 2. The average molecular weight is 387 g/mol. The Bertz CT molecular complexity index is 901. The van der Waals surface area contributed by atoms with Gasteiger partial charge in [-0.05, 0) is 29.8 Å². The number of rotatable bonds is 4. The molecular weight excluding hydrogens is 368 g/mol. The molecule has 1 unspecified atom stereocenters. The molecule has 0 radical (unpaired) electrons. The highest BCUT2D eigenvalue weighted by molar-refractivity contribution is 6.33. The molecule has 0 N–H and O–H groups in total. The minimum Gasteiger partial charge on any atom is -0.454 e. The summed E-state index contributed by atoms with van der Waals surface area (Å²) >= 11 is 6.20. The van der Waals surface area contributed by atoms with Crippen molar-refractivity contribution in [3.05, 3.63) is 53.1 Å². The average Bonchev–Trinajstić information content (AvgIpc) is 3.27. The van der Waals surface area contributed by atoms with E-state index >= 15 is 0 Å². The van der Waals surface area contributed by atoms with Crippen LogP contribution in [-0.2, 0) is 16.1 Å². The zero-order chi connectivity index (χ0) is 19.0. The lowest BCUT2D eigenvalue weighted by molar-refractivity contribution is -0.135.